The number of carbonyl (C=O) groups excluding carboxylic acids is 1. The van der Waals surface area contributed by atoms with E-state index in [1.807, 2.05) is 13.0 Å². The van der Waals surface area contributed by atoms with E-state index >= 15 is 0 Å². The van der Waals surface area contributed by atoms with Crippen LogP contribution in [-0.4, -0.2) is 6.29 Å². The highest BCUT2D eigenvalue weighted by Crippen LogP contribution is 2.27. The first kappa shape index (κ1) is 10.1. The summed E-state index contributed by atoms with van der Waals surface area (Å²) in [6, 6.07) is 6.64. The van der Waals surface area contributed by atoms with Gasteiger partial charge in [0.1, 0.15) is 5.82 Å². The molecule has 0 atom stereocenters. The second kappa shape index (κ2) is 3.95. The number of hydrogen-bond donors (Lipinski definition) is 0. The second-order valence-corrected chi connectivity index (χ2v) is 4.29. The lowest BCUT2D eigenvalue weighted by Crippen LogP contribution is -1.80. The molecule has 0 N–H and O–H groups in total. The Kier molecular flexibility index (Phi) is 2.64. The topological polar surface area (TPSA) is 17.1 Å². The van der Waals surface area contributed by atoms with Gasteiger partial charge in [0.2, 0.25) is 0 Å². The highest BCUT2D eigenvalue weighted by atomic mass is 32.1. The third-order valence-electron chi connectivity index (χ3n) is 2.08. The molecule has 0 aliphatic rings. The maximum Gasteiger partial charge on any atom is 0.150 e. The number of rotatable bonds is 2. The van der Waals surface area contributed by atoms with Gasteiger partial charge in [-0.2, -0.15) is 0 Å². The van der Waals surface area contributed by atoms with E-state index in [0.717, 1.165) is 22.3 Å². The molecule has 0 radical (unpaired) electrons. The minimum atomic E-state index is -0.244. The maximum absolute atomic E-state index is 13.1. The van der Waals surface area contributed by atoms with Gasteiger partial charge in [0.15, 0.2) is 6.29 Å². The Morgan fingerprint density at radius 1 is 1.27 bits per heavy atom. The van der Waals surface area contributed by atoms with Crippen molar-refractivity contribution in [1.82, 2.24) is 0 Å². The van der Waals surface area contributed by atoms with E-state index in [4.69, 9.17) is 0 Å². The average molecular weight is 220 g/mol. The summed E-state index contributed by atoms with van der Waals surface area (Å²) in [5.41, 5.74) is 2.34. The first-order valence-corrected chi connectivity index (χ1v) is 5.38. The molecular weight excluding hydrogens is 211 g/mol. The number of halogens is 1. The molecule has 0 spiro atoms. The molecule has 76 valence electrons. The highest BCUT2D eigenvalue weighted by Gasteiger charge is 2.04. The predicted molar refractivity (Wildman–Crippen MR) is 59.8 cm³/mol. The third kappa shape index (κ3) is 2.13. The van der Waals surface area contributed by atoms with E-state index in [1.165, 1.54) is 23.5 Å². The monoisotopic (exact) mass is 220 g/mol. The molecule has 0 saturated carbocycles. The standard InChI is InChI=1S/C12H9FOS/c1-8-2-10(5-11(13)3-8)12-4-9(6-14)7-15-12/h2-7H,1H3. The molecule has 1 aromatic carbocycles. The van der Waals surface area contributed by atoms with E-state index in [2.05, 4.69) is 0 Å². The highest BCUT2D eigenvalue weighted by molar-refractivity contribution is 7.13. The molecule has 0 aliphatic heterocycles. The number of benzene rings is 1. The van der Waals surface area contributed by atoms with Crippen LogP contribution in [0, 0.1) is 12.7 Å². The van der Waals surface area contributed by atoms with Gasteiger partial charge in [0, 0.05) is 15.8 Å². The van der Waals surface area contributed by atoms with Crippen molar-refractivity contribution in [2.75, 3.05) is 0 Å². The van der Waals surface area contributed by atoms with Gasteiger partial charge >= 0.3 is 0 Å². The molecule has 15 heavy (non-hydrogen) atoms. The van der Waals surface area contributed by atoms with E-state index in [9.17, 15) is 9.18 Å². The van der Waals surface area contributed by atoms with Gasteiger partial charge in [-0.05, 0) is 36.2 Å². The molecule has 1 heterocycles. The number of aldehydes is 1. The lowest BCUT2D eigenvalue weighted by Gasteiger charge is -1.99. The Morgan fingerprint density at radius 3 is 2.67 bits per heavy atom. The van der Waals surface area contributed by atoms with Crippen LogP contribution in [0.4, 0.5) is 4.39 Å². The molecule has 0 unspecified atom stereocenters. The van der Waals surface area contributed by atoms with Crippen LogP contribution in [0.15, 0.2) is 29.6 Å². The SMILES string of the molecule is Cc1cc(F)cc(-c2cc(C=O)cs2)c1. The summed E-state index contributed by atoms with van der Waals surface area (Å²) >= 11 is 1.45. The van der Waals surface area contributed by atoms with Crippen LogP contribution in [0.25, 0.3) is 10.4 Å². The zero-order valence-electron chi connectivity index (χ0n) is 8.16. The van der Waals surface area contributed by atoms with Crippen LogP contribution in [-0.2, 0) is 0 Å². The van der Waals surface area contributed by atoms with Crippen LogP contribution in [0.3, 0.4) is 0 Å². The fourth-order valence-electron chi connectivity index (χ4n) is 1.44. The van der Waals surface area contributed by atoms with Crippen molar-refractivity contribution in [1.29, 1.82) is 0 Å². The zero-order valence-corrected chi connectivity index (χ0v) is 8.98. The van der Waals surface area contributed by atoms with Gasteiger partial charge in [-0.1, -0.05) is 6.07 Å². The van der Waals surface area contributed by atoms with Crippen molar-refractivity contribution in [3.8, 4) is 10.4 Å². The van der Waals surface area contributed by atoms with Gasteiger partial charge in [-0.25, -0.2) is 4.39 Å². The molecule has 0 saturated heterocycles. The van der Waals surface area contributed by atoms with Crippen molar-refractivity contribution in [2.24, 2.45) is 0 Å². The Balaban J connectivity index is 2.48. The third-order valence-corrected chi connectivity index (χ3v) is 3.08. The molecule has 0 aliphatic carbocycles. The van der Waals surface area contributed by atoms with Crippen molar-refractivity contribution in [3.63, 3.8) is 0 Å². The number of aryl methyl sites for hydroxylation is 1. The van der Waals surface area contributed by atoms with Crippen molar-refractivity contribution in [2.45, 2.75) is 6.92 Å². The molecule has 1 nitrogen and oxygen atoms in total. The lowest BCUT2D eigenvalue weighted by atomic mass is 10.1. The van der Waals surface area contributed by atoms with Crippen LogP contribution < -0.4 is 0 Å². The number of thiophene rings is 1. The first-order chi connectivity index (χ1) is 7.19. The Bertz CT molecular complexity index is 482. The minimum absolute atomic E-state index is 0.244. The number of carbonyl (C=O) groups is 1. The quantitative estimate of drug-likeness (QED) is 0.706. The van der Waals surface area contributed by atoms with Crippen LogP contribution in [0.2, 0.25) is 0 Å². The molecule has 1 aromatic heterocycles. The molecular formula is C12H9FOS. The van der Waals surface area contributed by atoms with E-state index in [-0.39, 0.29) is 5.82 Å². The Labute approximate surface area is 91.2 Å². The van der Waals surface area contributed by atoms with Gasteiger partial charge < -0.3 is 0 Å². The van der Waals surface area contributed by atoms with Crippen molar-refractivity contribution >= 4 is 17.6 Å². The Hall–Kier alpha value is -1.48. The fraction of sp³-hybridized carbons (Fsp3) is 0.0833. The molecule has 2 aromatic rings. The lowest BCUT2D eigenvalue weighted by molar-refractivity contribution is 0.112. The first-order valence-electron chi connectivity index (χ1n) is 4.50. The molecule has 2 rings (SSSR count). The largest absolute Gasteiger partial charge is 0.298 e. The Morgan fingerprint density at radius 2 is 2.07 bits per heavy atom. The second-order valence-electron chi connectivity index (χ2n) is 3.38. The molecule has 3 heteroatoms. The zero-order chi connectivity index (χ0) is 10.8. The molecule has 0 fully saturated rings. The summed E-state index contributed by atoms with van der Waals surface area (Å²) in [7, 11) is 0. The summed E-state index contributed by atoms with van der Waals surface area (Å²) in [5, 5.41) is 1.77. The van der Waals surface area contributed by atoms with Gasteiger partial charge in [-0.15, -0.1) is 11.3 Å². The maximum atomic E-state index is 13.1. The van der Waals surface area contributed by atoms with Gasteiger partial charge in [0.05, 0.1) is 0 Å². The summed E-state index contributed by atoms with van der Waals surface area (Å²) in [6.07, 6.45) is 0.798. The van der Waals surface area contributed by atoms with Gasteiger partial charge in [0.25, 0.3) is 0 Å². The van der Waals surface area contributed by atoms with Crippen LogP contribution in [0.5, 0.6) is 0 Å². The molecule has 0 amide bonds. The smallest absolute Gasteiger partial charge is 0.150 e. The van der Waals surface area contributed by atoms with E-state index in [1.54, 1.807) is 11.4 Å². The van der Waals surface area contributed by atoms with Crippen LogP contribution >= 0.6 is 11.3 Å². The average Bonchev–Trinajstić information content (AvgIpc) is 2.64. The normalized spacial score (nSPS) is 10.3. The predicted octanol–water partition coefficient (Wildman–Crippen LogP) is 3.68. The number of hydrogen-bond acceptors (Lipinski definition) is 2. The van der Waals surface area contributed by atoms with Gasteiger partial charge in [-0.3, -0.25) is 4.79 Å². The van der Waals surface area contributed by atoms with E-state index in [0.29, 0.717) is 5.56 Å². The fourth-order valence-corrected chi connectivity index (χ4v) is 2.29. The summed E-state index contributed by atoms with van der Waals surface area (Å²) in [6.45, 7) is 1.85. The summed E-state index contributed by atoms with van der Waals surface area (Å²) in [4.78, 5) is 11.4. The minimum Gasteiger partial charge on any atom is -0.298 e. The van der Waals surface area contributed by atoms with Crippen molar-refractivity contribution in [3.05, 3.63) is 46.6 Å². The summed E-state index contributed by atoms with van der Waals surface area (Å²) < 4.78 is 13.1. The molecule has 0 bridgehead atoms. The van der Waals surface area contributed by atoms with Crippen LogP contribution in [0.1, 0.15) is 15.9 Å². The van der Waals surface area contributed by atoms with E-state index < -0.39 is 0 Å². The van der Waals surface area contributed by atoms with Crippen molar-refractivity contribution < 1.29 is 9.18 Å². The summed E-state index contributed by atoms with van der Waals surface area (Å²) in [5.74, 6) is -0.244.